The summed E-state index contributed by atoms with van der Waals surface area (Å²) in [6.07, 6.45) is 2.42. The van der Waals surface area contributed by atoms with Crippen LogP contribution < -0.4 is 0 Å². The predicted molar refractivity (Wildman–Crippen MR) is 92.1 cm³/mol. The van der Waals surface area contributed by atoms with Crippen LogP contribution in [0.2, 0.25) is 0 Å². The van der Waals surface area contributed by atoms with Crippen molar-refractivity contribution in [3.63, 3.8) is 0 Å². The molecule has 1 saturated carbocycles. The summed E-state index contributed by atoms with van der Waals surface area (Å²) >= 11 is 0. The van der Waals surface area contributed by atoms with E-state index < -0.39 is 0 Å². The first-order valence-electron chi connectivity index (χ1n) is 9.21. The monoisotopic (exact) mass is 343 g/mol. The number of carbonyl (C=O) groups excluding carboxylic acids is 1. The summed E-state index contributed by atoms with van der Waals surface area (Å²) in [5.41, 5.74) is 0. The van der Waals surface area contributed by atoms with Crippen LogP contribution >= 0.6 is 0 Å². The molecule has 0 atom stereocenters. The van der Waals surface area contributed by atoms with Gasteiger partial charge in [-0.25, -0.2) is 0 Å². The number of hydrogen-bond donors (Lipinski definition) is 0. The second-order valence-corrected chi connectivity index (χ2v) is 6.85. The lowest BCUT2D eigenvalue weighted by molar-refractivity contribution is 0.0670. The summed E-state index contributed by atoms with van der Waals surface area (Å²) in [4.78, 5) is 16.8. The molecule has 0 radical (unpaired) electrons. The summed E-state index contributed by atoms with van der Waals surface area (Å²) in [5, 5.41) is 8.62. The summed E-state index contributed by atoms with van der Waals surface area (Å²) < 4.78 is 7.99. The highest BCUT2D eigenvalue weighted by molar-refractivity contribution is 5.91. The van der Waals surface area contributed by atoms with E-state index in [4.69, 9.17) is 4.42 Å². The zero-order chi connectivity index (χ0) is 17.4. The van der Waals surface area contributed by atoms with E-state index in [9.17, 15) is 4.79 Å². The topological polar surface area (TPSA) is 67.4 Å². The third-order valence-corrected chi connectivity index (χ3v) is 5.16. The Hall–Kier alpha value is -2.15. The van der Waals surface area contributed by atoms with E-state index in [2.05, 4.69) is 33.5 Å². The van der Waals surface area contributed by atoms with Crippen molar-refractivity contribution in [2.75, 3.05) is 19.6 Å². The molecule has 25 heavy (non-hydrogen) atoms. The molecule has 7 nitrogen and oxygen atoms in total. The molecule has 4 rings (SSSR count). The minimum atomic E-state index is -0.0620. The fraction of sp³-hybridized carbons (Fsp3) is 0.611. The third kappa shape index (κ3) is 3.20. The van der Waals surface area contributed by atoms with Gasteiger partial charge in [-0.15, -0.1) is 10.2 Å². The molecule has 7 heteroatoms. The van der Waals surface area contributed by atoms with E-state index >= 15 is 0 Å². The van der Waals surface area contributed by atoms with E-state index in [-0.39, 0.29) is 5.91 Å². The number of aromatic nitrogens is 3. The first kappa shape index (κ1) is 16.3. The molecule has 0 saturated heterocycles. The van der Waals surface area contributed by atoms with E-state index in [0.29, 0.717) is 24.8 Å². The van der Waals surface area contributed by atoms with Crippen molar-refractivity contribution >= 4 is 5.91 Å². The van der Waals surface area contributed by atoms with Gasteiger partial charge in [0.2, 0.25) is 0 Å². The van der Waals surface area contributed by atoms with Gasteiger partial charge in [0, 0.05) is 19.0 Å². The van der Waals surface area contributed by atoms with Crippen molar-refractivity contribution in [1.82, 2.24) is 24.6 Å². The summed E-state index contributed by atoms with van der Waals surface area (Å²) in [6, 6.07) is 3.69. The number of furan rings is 1. The molecule has 2 aromatic rings. The molecule has 0 unspecified atom stereocenters. The predicted octanol–water partition coefficient (Wildman–Crippen LogP) is 2.25. The summed E-state index contributed by atoms with van der Waals surface area (Å²) in [7, 11) is 0. The fourth-order valence-electron chi connectivity index (χ4n) is 3.40. The van der Waals surface area contributed by atoms with Crippen LogP contribution in [0.25, 0.3) is 0 Å². The lowest BCUT2D eigenvalue weighted by atomic mass is 10.3. The van der Waals surface area contributed by atoms with Crippen molar-refractivity contribution in [3.8, 4) is 0 Å². The molecule has 134 valence electrons. The maximum absolute atomic E-state index is 12.8. The maximum Gasteiger partial charge on any atom is 0.290 e. The molecule has 1 aliphatic carbocycles. The van der Waals surface area contributed by atoms with Gasteiger partial charge in [-0.3, -0.25) is 9.69 Å². The Bertz CT molecular complexity index is 757. The van der Waals surface area contributed by atoms with Gasteiger partial charge in [0.1, 0.15) is 11.6 Å². The molecular formula is C18H25N5O2. The summed E-state index contributed by atoms with van der Waals surface area (Å²) in [6.45, 7) is 8.86. The Labute approximate surface area is 147 Å². The lowest BCUT2D eigenvalue weighted by Gasteiger charge is -2.27. The zero-order valence-corrected chi connectivity index (χ0v) is 14.9. The number of rotatable bonds is 6. The van der Waals surface area contributed by atoms with Gasteiger partial charge in [-0.2, -0.15) is 0 Å². The van der Waals surface area contributed by atoms with Gasteiger partial charge >= 0.3 is 0 Å². The van der Waals surface area contributed by atoms with Crippen molar-refractivity contribution in [3.05, 3.63) is 35.3 Å². The van der Waals surface area contributed by atoms with Crippen LogP contribution in [-0.4, -0.2) is 50.1 Å². The molecule has 3 heterocycles. The molecule has 0 bridgehead atoms. The van der Waals surface area contributed by atoms with E-state index in [1.54, 1.807) is 11.0 Å². The highest BCUT2D eigenvalue weighted by atomic mass is 16.4. The van der Waals surface area contributed by atoms with E-state index in [0.717, 1.165) is 43.6 Å². The van der Waals surface area contributed by atoms with E-state index in [1.807, 2.05) is 6.07 Å². The molecule has 1 aliphatic heterocycles. The quantitative estimate of drug-likeness (QED) is 0.805. The Morgan fingerprint density at radius 3 is 2.76 bits per heavy atom. The first-order chi connectivity index (χ1) is 12.2. The molecular weight excluding hydrogens is 318 g/mol. The molecule has 1 amide bonds. The number of carbonyl (C=O) groups is 1. The van der Waals surface area contributed by atoms with Gasteiger partial charge < -0.3 is 13.9 Å². The van der Waals surface area contributed by atoms with Crippen molar-refractivity contribution in [1.29, 1.82) is 0 Å². The zero-order valence-electron chi connectivity index (χ0n) is 14.9. The Morgan fingerprint density at radius 2 is 2.04 bits per heavy atom. The van der Waals surface area contributed by atoms with Crippen molar-refractivity contribution in [2.24, 2.45) is 0 Å². The Balaban J connectivity index is 1.44. The minimum Gasteiger partial charge on any atom is -0.455 e. The average Bonchev–Trinajstić information content (AvgIpc) is 3.23. The fourth-order valence-corrected chi connectivity index (χ4v) is 3.40. The summed E-state index contributed by atoms with van der Waals surface area (Å²) in [5.74, 6) is 3.75. The third-order valence-electron chi connectivity index (χ3n) is 5.16. The van der Waals surface area contributed by atoms with Crippen LogP contribution in [0.5, 0.6) is 0 Å². The highest BCUT2D eigenvalue weighted by Crippen LogP contribution is 2.39. The average molecular weight is 343 g/mol. The van der Waals surface area contributed by atoms with E-state index in [1.165, 1.54) is 12.8 Å². The van der Waals surface area contributed by atoms with Crippen LogP contribution in [0.3, 0.4) is 0 Å². The van der Waals surface area contributed by atoms with Crippen molar-refractivity contribution < 1.29 is 9.21 Å². The van der Waals surface area contributed by atoms with Crippen LogP contribution in [0.15, 0.2) is 16.5 Å². The largest absolute Gasteiger partial charge is 0.455 e. The van der Waals surface area contributed by atoms with Crippen LogP contribution in [-0.2, 0) is 19.6 Å². The molecule has 1 fully saturated rings. The normalized spacial score (nSPS) is 17.2. The van der Waals surface area contributed by atoms with Crippen molar-refractivity contribution in [2.45, 2.75) is 52.2 Å². The molecule has 0 aromatic carbocycles. The van der Waals surface area contributed by atoms with Gasteiger partial charge in [0.25, 0.3) is 5.91 Å². The standard InChI is InChI=1S/C18H25N5O2/c1-3-21(4-2)11-14-7-8-15(25-14)18(24)22-9-10-23-16(12-22)19-20-17(23)13-5-6-13/h7-8,13H,3-6,9-12H2,1-2H3. The number of nitrogens with zero attached hydrogens (tertiary/aromatic N) is 5. The Kier molecular flexibility index (Phi) is 4.33. The molecule has 2 aromatic heterocycles. The maximum atomic E-state index is 12.8. The van der Waals surface area contributed by atoms with Gasteiger partial charge in [0.15, 0.2) is 11.6 Å². The number of fused-ring (bicyclic) bond motifs is 1. The smallest absolute Gasteiger partial charge is 0.290 e. The molecule has 0 spiro atoms. The van der Waals surface area contributed by atoms with Crippen LogP contribution in [0.1, 0.15) is 60.6 Å². The molecule has 0 N–H and O–H groups in total. The number of amides is 1. The second-order valence-electron chi connectivity index (χ2n) is 6.85. The van der Waals surface area contributed by atoms with Crippen LogP contribution in [0.4, 0.5) is 0 Å². The van der Waals surface area contributed by atoms with Crippen LogP contribution in [0, 0.1) is 0 Å². The molecule has 2 aliphatic rings. The Morgan fingerprint density at radius 1 is 1.24 bits per heavy atom. The first-order valence-corrected chi connectivity index (χ1v) is 9.21. The van der Waals surface area contributed by atoms with Gasteiger partial charge in [-0.1, -0.05) is 13.8 Å². The van der Waals surface area contributed by atoms with Gasteiger partial charge in [0.05, 0.1) is 13.1 Å². The SMILES string of the molecule is CCN(CC)Cc1ccc(C(=O)N2CCn3c(nnc3C3CC3)C2)o1. The highest BCUT2D eigenvalue weighted by Gasteiger charge is 2.33. The van der Waals surface area contributed by atoms with Gasteiger partial charge in [-0.05, 0) is 38.1 Å². The second kappa shape index (κ2) is 6.63. The number of hydrogen-bond acceptors (Lipinski definition) is 5. The minimum absolute atomic E-state index is 0.0620. The lowest BCUT2D eigenvalue weighted by Crippen LogP contribution is -2.38.